The summed E-state index contributed by atoms with van der Waals surface area (Å²) in [6, 6.07) is 4.44. The first-order chi connectivity index (χ1) is 8.09. The molecule has 2 rings (SSSR count). The van der Waals surface area contributed by atoms with Crippen molar-refractivity contribution in [1.29, 1.82) is 0 Å². The molecule has 0 amide bonds. The van der Waals surface area contributed by atoms with Gasteiger partial charge in [0.05, 0.1) is 11.3 Å². The summed E-state index contributed by atoms with van der Waals surface area (Å²) in [6.07, 6.45) is 2.96. The van der Waals surface area contributed by atoms with E-state index in [-0.39, 0.29) is 11.1 Å². The van der Waals surface area contributed by atoms with Crippen LogP contribution in [-0.2, 0) is 0 Å². The molecule has 2 heterocycles. The Labute approximate surface area is 96.8 Å². The normalized spacial score (nSPS) is 10.2. The van der Waals surface area contributed by atoms with Crippen molar-refractivity contribution in [3.63, 3.8) is 0 Å². The zero-order chi connectivity index (χ0) is 12.4. The molecule has 0 aromatic carbocycles. The molecule has 5 nitrogen and oxygen atoms in total. The number of H-pyrrole nitrogens is 1. The van der Waals surface area contributed by atoms with Crippen LogP contribution < -0.4 is 5.56 Å². The van der Waals surface area contributed by atoms with Crippen LogP contribution in [0.15, 0.2) is 35.4 Å². The number of aromatic amines is 1. The number of hydrogen-bond donors (Lipinski definition) is 2. The van der Waals surface area contributed by atoms with Gasteiger partial charge in [0.1, 0.15) is 0 Å². The van der Waals surface area contributed by atoms with Crippen LogP contribution in [0, 0.1) is 6.92 Å². The van der Waals surface area contributed by atoms with Crippen LogP contribution in [0.2, 0.25) is 0 Å². The molecule has 2 N–H and O–H groups in total. The average Bonchev–Trinajstić information content (AvgIpc) is 2.30. The lowest BCUT2D eigenvalue weighted by Gasteiger charge is -2.06. The van der Waals surface area contributed by atoms with Gasteiger partial charge in [0, 0.05) is 24.0 Å². The van der Waals surface area contributed by atoms with E-state index in [1.165, 1.54) is 24.5 Å². The number of carboxylic acid groups (broad SMARTS) is 1. The Kier molecular flexibility index (Phi) is 2.74. The fourth-order valence-corrected chi connectivity index (χ4v) is 1.62. The predicted molar refractivity (Wildman–Crippen MR) is 62.0 cm³/mol. The Hall–Kier alpha value is -2.43. The van der Waals surface area contributed by atoms with Gasteiger partial charge in [-0.1, -0.05) is 0 Å². The molecular weight excluding hydrogens is 220 g/mol. The minimum atomic E-state index is -0.990. The number of aromatic carboxylic acids is 1. The van der Waals surface area contributed by atoms with Gasteiger partial charge < -0.3 is 10.1 Å². The first kappa shape index (κ1) is 11.1. The number of rotatable bonds is 2. The first-order valence-corrected chi connectivity index (χ1v) is 4.97. The standard InChI is InChI=1S/C12H10N2O3/c1-7-9(12(16)17)4-5-13-11(7)8-2-3-10(15)14-6-8/h2-6H,1H3,(H,14,15)(H,16,17). The quantitative estimate of drug-likeness (QED) is 0.817. The lowest BCUT2D eigenvalue weighted by Crippen LogP contribution is -2.05. The van der Waals surface area contributed by atoms with Crippen LogP contribution in [0.3, 0.4) is 0 Å². The lowest BCUT2D eigenvalue weighted by atomic mass is 10.0. The van der Waals surface area contributed by atoms with E-state index in [0.29, 0.717) is 16.8 Å². The molecule has 0 atom stereocenters. The SMILES string of the molecule is Cc1c(C(=O)O)ccnc1-c1ccc(=O)[nH]c1. The highest BCUT2D eigenvalue weighted by Gasteiger charge is 2.12. The number of nitrogens with zero attached hydrogens (tertiary/aromatic N) is 1. The van der Waals surface area contributed by atoms with Crippen molar-refractivity contribution < 1.29 is 9.90 Å². The minimum absolute atomic E-state index is 0.208. The fraction of sp³-hybridized carbons (Fsp3) is 0.0833. The highest BCUT2D eigenvalue weighted by atomic mass is 16.4. The van der Waals surface area contributed by atoms with Crippen LogP contribution in [0.25, 0.3) is 11.3 Å². The summed E-state index contributed by atoms with van der Waals surface area (Å²) in [5.74, 6) is -0.990. The van der Waals surface area contributed by atoms with E-state index in [1.54, 1.807) is 13.0 Å². The van der Waals surface area contributed by atoms with E-state index in [4.69, 9.17) is 5.11 Å². The highest BCUT2D eigenvalue weighted by Crippen LogP contribution is 2.21. The van der Waals surface area contributed by atoms with E-state index < -0.39 is 5.97 Å². The van der Waals surface area contributed by atoms with Crippen molar-refractivity contribution in [2.24, 2.45) is 0 Å². The third-order valence-electron chi connectivity index (χ3n) is 2.49. The zero-order valence-corrected chi connectivity index (χ0v) is 9.10. The molecule has 0 radical (unpaired) electrons. The molecule has 0 fully saturated rings. The van der Waals surface area contributed by atoms with Crippen molar-refractivity contribution in [1.82, 2.24) is 9.97 Å². The molecule has 86 valence electrons. The molecule has 2 aromatic rings. The maximum absolute atomic E-state index is 11.0. The van der Waals surface area contributed by atoms with Crippen molar-refractivity contribution in [2.75, 3.05) is 0 Å². The van der Waals surface area contributed by atoms with Crippen molar-refractivity contribution >= 4 is 5.97 Å². The van der Waals surface area contributed by atoms with Crippen molar-refractivity contribution in [3.05, 3.63) is 52.1 Å². The maximum Gasteiger partial charge on any atom is 0.336 e. The monoisotopic (exact) mass is 230 g/mol. The minimum Gasteiger partial charge on any atom is -0.478 e. The third-order valence-corrected chi connectivity index (χ3v) is 2.49. The Bertz CT molecular complexity index is 611. The van der Waals surface area contributed by atoms with E-state index in [1.807, 2.05) is 0 Å². The number of carboxylic acids is 1. The third kappa shape index (κ3) is 2.08. The zero-order valence-electron chi connectivity index (χ0n) is 9.10. The second-order valence-corrected chi connectivity index (χ2v) is 3.58. The van der Waals surface area contributed by atoms with Crippen LogP contribution in [0.1, 0.15) is 15.9 Å². The molecule has 0 aliphatic carbocycles. The van der Waals surface area contributed by atoms with E-state index >= 15 is 0 Å². The van der Waals surface area contributed by atoms with Crippen LogP contribution in [0.4, 0.5) is 0 Å². The van der Waals surface area contributed by atoms with Gasteiger partial charge in [0.2, 0.25) is 5.56 Å². The molecule has 0 unspecified atom stereocenters. The van der Waals surface area contributed by atoms with Gasteiger partial charge in [0.25, 0.3) is 0 Å². The smallest absolute Gasteiger partial charge is 0.336 e. The summed E-state index contributed by atoms with van der Waals surface area (Å²) in [6.45, 7) is 1.69. The lowest BCUT2D eigenvalue weighted by molar-refractivity contribution is 0.0696. The number of aromatic nitrogens is 2. The molecule has 5 heteroatoms. The number of carbonyl (C=O) groups is 1. The summed E-state index contributed by atoms with van der Waals surface area (Å²) in [5, 5.41) is 9.00. The Balaban J connectivity index is 2.60. The van der Waals surface area contributed by atoms with E-state index in [0.717, 1.165) is 0 Å². The molecule has 0 saturated heterocycles. The largest absolute Gasteiger partial charge is 0.478 e. The number of hydrogen-bond acceptors (Lipinski definition) is 3. The first-order valence-electron chi connectivity index (χ1n) is 4.97. The molecule has 17 heavy (non-hydrogen) atoms. The van der Waals surface area contributed by atoms with E-state index in [9.17, 15) is 9.59 Å². The summed E-state index contributed by atoms with van der Waals surface area (Å²) in [4.78, 5) is 28.6. The fourth-order valence-electron chi connectivity index (χ4n) is 1.62. The van der Waals surface area contributed by atoms with Gasteiger partial charge in [-0.05, 0) is 24.6 Å². The summed E-state index contributed by atoms with van der Waals surface area (Å²) in [7, 11) is 0. The number of pyridine rings is 2. The highest BCUT2D eigenvalue weighted by molar-refractivity contribution is 5.91. The Morgan fingerprint density at radius 2 is 2.12 bits per heavy atom. The second-order valence-electron chi connectivity index (χ2n) is 3.58. The van der Waals surface area contributed by atoms with Crippen molar-refractivity contribution in [3.8, 4) is 11.3 Å². The van der Waals surface area contributed by atoms with Gasteiger partial charge in [-0.3, -0.25) is 9.78 Å². The van der Waals surface area contributed by atoms with Gasteiger partial charge in [-0.15, -0.1) is 0 Å². The Morgan fingerprint density at radius 3 is 2.71 bits per heavy atom. The predicted octanol–water partition coefficient (Wildman–Crippen LogP) is 1.44. The van der Waals surface area contributed by atoms with E-state index in [2.05, 4.69) is 9.97 Å². The Morgan fingerprint density at radius 1 is 1.35 bits per heavy atom. The molecular formula is C12H10N2O3. The van der Waals surface area contributed by atoms with Gasteiger partial charge in [-0.25, -0.2) is 4.79 Å². The molecule has 0 saturated carbocycles. The summed E-state index contributed by atoms with van der Waals surface area (Å²) in [5.41, 5.74) is 1.82. The molecule has 0 bridgehead atoms. The second kappa shape index (κ2) is 4.21. The van der Waals surface area contributed by atoms with Crippen LogP contribution >= 0.6 is 0 Å². The van der Waals surface area contributed by atoms with Gasteiger partial charge in [-0.2, -0.15) is 0 Å². The molecule has 0 spiro atoms. The summed E-state index contributed by atoms with van der Waals surface area (Å²) >= 11 is 0. The van der Waals surface area contributed by atoms with Crippen molar-refractivity contribution in [2.45, 2.75) is 6.92 Å². The van der Waals surface area contributed by atoms with Gasteiger partial charge in [0.15, 0.2) is 0 Å². The molecule has 2 aromatic heterocycles. The van der Waals surface area contributed by atoms with Gasteiger partial charge >= 0.3 is 5.97 Å². The molecule has 0 aliphatic rings. The summed E-state index contributed by atoms with van der Waals surface area (Å²) < 4.78 is 0. The topological polar surface area (TPSA) is 83.0 Å². The maximum atomic E-state index is 11.0. The number of nitrogens with one attached hydrogen (secondary N) is 1. The van der Waals surface area contributed by atoms with Crippen LogP contribution in [0.5, 0.6) is 0 Å². The molecule has 0 aliphatic heterocycles. The average molecular weight is 230 g/mol. The van der Waals surface area contributed by atoms with Crippen LogP contribution in [-0.4, -0.2) is 21.0 Å².